The van der Waals surface area contributed by atoms with Gasteiger partial charge in [-0.15, -0.1) is 0 Å². The molecule has 1 aromatic heterocycles. The summed E-state index contributed by atoms with van der Waals surface area (Å²) in [5.41, 5.74) is 15.6. The average Bonchev–Trinajstić information content (AvgIpc) is 2.78. The van der Waals surface area contributed by atoms with Crippen LogP contribution in [0.5, 0.6) is 0 Å². The summed E-state index contributed by atoms with van der Waals surface area (Å²) in [7, 11) is 0. The van der Waals surface area contributed by atoms with Gasteiger partial charge in [-0.1, -0.05) is 51.7 Å². The summed E-state index contributed by atoms with van der Waals surface area (Å²) in [5.74, 6) is 0.864. The maximum Gasteiger partial charge on any atom is 0.193 e. The van der Waals surface area contributed by atoms with Crippen molar-refractivity contribution in [2.45, 2.75) is 52.4 Å². The molecule has 3 aromatic rings. The summed E-state index contributed by atoms with van der Waals surface area (Å²) in [5, 5.41) is 8.47. The molecule has 0 radical (unpaired) electrons. The van der Waals surface area contributed by atoms with Gasteiger partial charge in [0, 0.05) is 35.2 Å². The molecule has 0 aliphatic heterocycles. The lowest BCUT2D eigenvalue weighted by molar-refractivity contribution is 0.727. The first-order chi connectivity index (χ1) is 15.6. The van der Waals surface area contributed by atoms with Crippen LogP contribution in [0.3, 0.4) is 0 Å². The number of anilines is 2. The zero-order valence-corrected chi connectivity index (χ0v) is 19.2. The predicted molar refractivity (Wildman–Crippen MR) is 139 cm³/mol. The molecule has 7 nitrogen and oxygen atoms in total. The Kier molecular flexibility index (Phi) is 8.66. The molecular weight excluding hydrogens is 398 g/mol. The minimum atomic E-state index is 0.432. The third-order valence-corrected chi connectivity index (χ3v) is 5.25. The second-order valence-electron chi connectivity index (χ2n) is 8.00. The van der Waals surface area contributed by atoms with Gasteiger partial charge >= 0.3 is 0 Å². The molecular formula is C25H35N7. The molecule has 0 bridgehead atoms. The molecule has 32 heavy (non-hydrogen) atoms. The fourth-order valence-electron chi connectivity index (χ4n) is 3.48. The molecule has 0 aliphatic rings. The van der Waals surface area contributed by atoms with E-state index < -0.39 is 0 Å². The van der Waals surface area contributed by atoms with E-state index >= 15 is 0 Å². The highest BCUT2D eigenvalue weighted by atomic mass is 15.1. The van der Waals surface area contributed by atoms with E-state index in [2.05, 4.69) is 40.5 Å². The monoisotopic (exact) mass is 433 g/mol. The fraction of sp³-hybridized carbons (Fsp3) is 0.400. The standard InChI is InChI=1S/C25H35N7/c1-3-5-7-13-28-24(26)30-20-11-9-18-15-19-10-12-21(17-23(19)32-22(18)16-20)31-25(27)29-14-8-6-4-2/h9-12,15-17H,3-8,13-14H2,1-2H3,(H3,26,28,30)(H3,27,29,31). The molecule has 2 aromatic carbocycles. The number of nitrogens with zero attached hydrogens (tertiary/aromatic N) is 3. The van der Waals surface area contributed by atoms with Crippen molar-refractivity contribution in [2.75, 3.05) is 23.7 Å². The minimum absolute atomic E-state index is 0.432. The molecule has 0 unspecified atom stereocenters. The second kappa shape index (κ2) is 11.9. The molecule has 170 valence electrons. The Bertz CT molecular complexity index is 1010. The van der Waals surface area contributed by atoms with E-state index in [-0.39, 0.29) is 0 Å². The van der Waals surface area contributed by atoms with Gasteiger partial charge < -0.3 is 22.1 Å². The Morgan fingerprint density at radius 2 is 1.19 bits per heavy atom. The van der Waals surface area contributed by atoms with Crippen LogP contribution in [0.15, 0.2) is 52.4 Å². The molecule has 0 amide bonds. The van der Waals surface area contributed by atoms with Gasteiger partial charge in [0.1, 0.15) is 0 Å². The molecule has 0 aliphatic carbocycles. The van der Waals surface area contributed by atoms with Gasteiger partial charge in [-0.2, -0.15) is 0 Å². The number of hydrogen-bond donors (Lipinski definition) is 4. The molecule has 0 atom stereocenters. The van der Waals surface area contributed by atoms with Gasteiger partial charge in [0.15, 0.2) is 11.9 Å². The van der Waals surface area contributed by atoms with Crippen LogP contribution in [0.25, 0.3) is 21.8 Å². The van der Waals surface area contributed by atoms with Crippen LogP contribution in [-0.2, 0) is 0 Å². The highest BCUT2D eigenvalue weighted by Crippen LogP contribution is 2.24. The normalized spacial score (nSPS) is 12.4. The summed E-state index contributed by atoms with van der Waals surface area (Å²) in [6.07, 6.45) is 6.77. The van der Waals surface area contributed by atoms with Crippen molar-refractivity contribution in [2.24, 2.45) is 21.5 Å². The third-order valence-electron chi connectivity index (χ3n) is 5.25. The molecule has 0 saturated heterocycles. The minimum Gasteiger partial charge on any atom is -0.370 e. The zero-order valence-electron chi connectivity index (χ0n) is 19.2. The summed E-state index contributed by atoms with van der Waals surface area (Å²) < 4.78 is 0. The molecule has 3 rings (SSSR count). The number of rotatable bonds is 10. The Labute approximate surface area is 190 Å². The molecule has 0 fully saturated rings. The maximum absolute atomic E-state index is 6.03. The SMILES string of the molecule is CCCCCN=C(N)Nc1ccc2cc3ccc(NC(N)=NCCCCC)cc3nc2c1. The van der Waals surface area contributed by atoms with Crippen molar-refractivity contribution in [1.82, 2.24) is 4.98 Å². The first kappa shape index (κ1) is 23.3. The molecule has 0 saturated carbocycles. The number of nitrogens with one attached hydrogen (secondary N) is 2. The first-order valence-corrected chi connectivity index (χ1v) is 11.6. The van der Waals surface area contributed by atoms with Crippen molar-refractivity contribution in [3.8, 4) is 0 Å². The van der Waals surface area contributed by atoms with E-state index in [1.165, 1.54) is 12.8 Å². The van der Waals surface area contributed by atoms with Crippen LogP contribution in [0.4, 0.5) is 11.4 Å². The zero-order chi connectivity index (χ0) is 22.8. The lowest BCUT2D eigenvalue weighted by Crippen LogP contribution is -2.22. The van der Waals surface area contributed by atoms with Crippen LogP contribution >= 0.6 is 0 Å². The van der Waals surface area contributed by atoms with E-state index in [9.17, 15) is 0 Å². The largest absolute Gasteiger partial charge is 0.370 e. The number of unbranched alkanes of at least 4 members (excludes halogenated alkanes) is 4. The Hall–Kier alpha value is -3.35. The van der Waals surface area contributed by atoms with Crippen LogP contribution in [0.1, 0.15) is 52.4 Å². The lowest BCUT2D eigenvalue weighted by Gasteiger charge is -2.09. The van der Waals surface area contributed by atoms with Crippen LogP contribution in [-0.4, -0.2) is 30.0 Å². The van der Waals surface area contributed by atoms with Gasteiger partial charge in [0.25, 0.3) is 0 Å². The van der Waals surface area contributed by atoms with Gasteiger partial charge in [-0.3, -0.25) is 9.98 Å². The van der Waals surface area contributed by atoms with E-state index in [4.69, 9.17) is 16.5 Å². The van der Waals surface area contributed by atoms with E-state index in [0.717, 1.165) is 72.0 Å². The third kappa shape index (κ3) is 6.83. The Balaban J connectivity index is 1.74. The number of aromatic nitrogens is 1. The second-order valence-corrected chi connectivity index (χ2v) is 8.00. The fourth-order valence-corrected chi connectivity index (χ4v) is 3.48. The molecule has 0 spiro atoms. The van der Waals surface area contributed by atoms with Crippen molar-refractivity contribution >= 4 is 45.1 Å². The topological polar surface area (TPSA) is 114 Å². The Morgan fingerprint density at radius 1 is 0.719 bits per heavy atom. The highest BCUT2D eigenvalue weighted by molar-refractivity contribution is 5.99. The van der Waals surface area contributed by atoms with Gasteiger partial charge in [0.05, 0.1) is 11.0 Å². The average molecular weight is 434 g/mol. The maximum atomic E-state index is 6.03. The van der Waals surface area contributed by atoms with Crippen LogP contribution in [0, 0.1) is 0 Å². The number of nitrogens with two attached hydrogens (primary N) is 2. The van der Waals surface area contributed by atoms with Crippen molar-refractivity contribution < 1.29 is 0 Å². The van der Waals surface area contributed by atoms with E-state index in [1.54, 1.807) is 0 Å². The van der Waals surface area contributed by atoms with Crippen LogP contribution in [0.2, 0.25) is 0 Å². The van der Waals surface area contributed by atoms with E-state index in [0.29, 0.717) is 11.9 Å². The number of hydrogen-bond acceptors (Lipinski definition) is 3. The van der Waals surface area contributed by atoms with Gasteiger partial charge in [-0.25, -0.2) is 4.98 Å². The number of guanidine groups is 2. The van der Waals surface area contributed by atoms with Crippen molar-refractivity contribution in [3.63, 3.8) is 0 Å². The van der Waals surface area contributed by atoms with Gasteiger partial charge in [-0.05, 0) is 43.2 Å². The van der Waals surface area contributed by atoms with Crippen molar-refractivity contribution in [1.29, 1.82) is 0 Å². The van der Waals surface area contributed by atoms with Gasteiger partial charge in [0.2, 0.25) is 0 Å². The summed E-state index contributed by atoms with van der Waals surface area (Å²) in [4.78, 5) is 13.6. The number of pyridine rings is 1. The van der Waals surface area contributed by atoms with Crippen molar-refractivity contribution in [3.05, 3.63) is 42.5 Å². The number of fused-ring (bicyclic) bond motifs is 2. The summed E-state index contributed by atoms with van der Waals surface area (Å²) in [6.45, 7) is 5.83. The highest BCUT2D eigenvalue weighted by Gasteiger charge is 2.04. The summed E-state index contributed by atoms with van der Waals surface area (Å²) >= 11 is 0. The molecule has 7 heteroatoms. The number of aliphatic imine (C=N–C) groups is 2. The number of benzene rings is 2. The summed E-state index contributed by atoms with van der Waals surface area (Å²) in [6, 6.07) is 14.2. The van der Waals surface area contributed by atoms with E-state index in [1.807, 2.05) is 36.4 Å². The first-order valence-electron chi connectivity index (χ1n) is 11.6. The molecule has 1 heterocycles. The lowest BCUT2D eigenvalue weighted by atomic mass is 10.1. The predicted octanol–water partition coefficient (Wildman–Crippen LogP) is 5.22. The Morgan fingerprint density at radius 3 is 1.62 bits per heavy atom. The smallest absolute Gasteiger partial charge is 0.193 e. The molecule has 6 N–H and O–H groups in total. The van der Waals surface area contributed by atoms with Crippen LogP contribution < -0.4 is 22.1 Å². The quantitative estimate of drug-likeness (QED) is 0.151.